The molecule has 0 aliphatic carbocycles. The lowest BCUT2D eigenvalue weighted by molar-refractivity contribution is -0.138. The Balaban J connectivity index is 2.08. The number of benzene rings is 1. The molecule has 1 aromatic carbocycles. The average molecular weight is 297 g/mol. The molecule has 1 aromatic heterocycles. The van der Waals surface area contributed by atoms with E-state index >= 15 is 0 Å². The Morgan fingerprint density at radius 2 is 2.29 bits per heavy atom. The molecule has 0 bridgehead atoms. The van der Waals surface area contributed by atoms with E-state index in [-0.39, 0.29) is 6.54 Å². The molecule has 7 heteroatoms. The van der Waals surface area contributed by atoms with E-state index in [4.69, 9.17) is 5.11 Å². The van der Waals surface area contributed by atoms with Gasteiger partial charge in [0.05, 0.1) is 0 Å². The number of nitrogens with zero attached hydrogens (tertiary/aromatic N) is 4. The zero-order valence-corrected chi connectivity index (χ0v) is 10.3. The second-order valence-electron chi connectivity index (χ2n) is 3.44. The first-order valence-electron chi connectivity index (χ1n) is 4.86. The van der Waals surface area contributed by atoms with Crippen LogP contribution < -0.4 is 0 Å². The van der Waals surface area contributed by atoms with Crippen LogP contribution >= 0.6 is 15.9 Å². The molecular formula is C10H9BrN4O2. The summed E-state index contributed by atoms with van der Waals surface area (Å²) in [6, 6.07) is 7.75. The van der Waals surface area contributed by atoms with Crippen molar-refractivity contribution in [2.24, 2.45) is 0 Å². The molecule has 0 fully saturated rings. The van der Waals surface area contributed by atoms with Crippen LogP contribution in [0.3, 0.4) is 0 Å². The van der Waals surface area contributed by atoms with Gasteiger partial charge in [-0.1, -0.05) is 28.1 Å². The number of carboxylic acid groups (broad SMARTS) is 1. The number of tetrazole rings is 1. The van der Waals surface area contributed by atoms with Crippen LogP contribution in [0.5, 0.6) is 0 Å². The van der Waals surface area contributed by atoms with Crippen LogP contribution in [-0.4, -0.2) is 31.3 Å². The first-order chi connectivity index (χ1) is 8.13. The third-order valence-electron chi connectivity index (χ3n) is 2.02. The van der Waals surface area contributed by atoms with Gasteiger partial charge in [-0.15, -0.1) is 10.2 Å². The zero-order chi connectivity index (χ0) is 12.3. The first-order valence-corrected chi connectivity index (χ1v) is 5.66. The molecule has 1 N–H and O–H groups in total. The molecule has 0 saturated heterocycles. The van der Waals surface area contributed by atoms with Gasteiger partial charge in [-0.2, -0.15) is 4.80 Å². The summed E-state index contributed by atoms with van der Waals surface area (Å²) >= 11 is 3.37. The lowest BCUT2D eigenvalue weighted by Gasteiger charge is -1.97. The van der Waals surface area contributed by atoms with E-state index in [0.29, 0.717) is 12.2 Å². The standard InChI is InChI=1S/C10H9BrN4O2/c11-8-3-1-2-7(4-8)5-9-12-14-15(13-9)6-10(16)17/h1-4H,5-6H2,(H,16,17). The van der Waals surface area contributed by atoms with Crippen molar-refractivity contribution in [2.45, 2.75) is 13.0 Å². The second kappa shape index (κ2) is 5.05. The Morgan fingerprint density at radius 1 is 1.47 bits per heavy atom. The van der Waals surface area contributed by atoms with Crippen molar-refractivity contribution in [1.29, 1.82) is 0 Å². The van der Waals surface area contributed by atoms with Crippen LogP contribution in [0, 0.1) is 0 Å². The second-order valence-corrected chi connectivity index (χ2v) is 4.35. The molecule has 0 saturated carbocycles. The topological polar surface area (TPSA) is 80.9 Å². The number of hydrogen-bond donors (Lipinski definition) is 1. The van der Waals surface area contributed by atoms with E-state index in [9.17, 15) is 4.79 Å². The van der Waals surface area contributed by atoms with Gasteiger partial charge in [0, 0.05) is 10.9 Å². The van der Waals surface area contributed by atoms with E-state index in [1.54, 1.807) is 0 Å². The number of aromatic nitrogens is 4. The Bertz CT molecular complexity index is 541. The van der Waals surface area contributed by atoms with Crippen molar-refractivity contribution in [3.05, 3.63) is 40.1 Å². The molecule has 2 aromatic rings. The van der Waals surface area contributed by atoms with E-state index in [1.165, 1.54) is 0 Å². The van der Waals surface area contributed by atoms with Gasteiger partial charge in [0.2, 0.25) is 0 Å². The minimum atomic E-state index is -0.989. The smallest absolute Gasteiger partial charge is 0.327 e. The molecule has 0 amide bonds. The lowest BCUT2D eigenvalue weighted by Crippen LogP contribution is -2.11. The molecule has 17 heavy (non-hydrogen) atoms. The molecule has 1 heterocycles. The van der Waals surface area contributed by atoms with Gasteiger partial charge in [0.15, 0.2) is 12.4 Å². The number of hydrogen-bond acceptors (Lipinski definition) is 4. The summed E-state index contributed by atoms with van der Waals surface area (Å²) in [6.45, 7) is -0.272. The lowest BCUT2D eigenvalue weighted by atomic mass is 10.1. The number of halogens is 1. The molecular weight excluding hydrogens is 288 g/mol. The van der Waals surface area contributed by atoms with Crippen molar-refractivity contribution >= 4 is 21.9 Å². The summed E-state index contributed by atoms with van der Waals surface area (Å²) in [5.74, 6) is -0.485. The minimum Gasteiger partial charge on any atom is -0.480 e. The molecule has 0 aliphatic heterocycles. The van der Waals surface area contributed by atoms with Crippen molar-refractivity contribution in [1.82, 2.24) is 20.2 Å². The first kappa shape index (κ1) is 11.7. The summed E-state index contributed by atoms with van der Waals surface area (Å²) in [4.78, 5) is 11.5. The van der Waals surface area contributed by atoms with E-state index in [1.807, 2.05) is 24.3 Å². The van der Waals surface area contributed by atoms with Crippen molar-refractivity contribution < 1.29 is 9.90 Å². The van der Waals surface area contributed by atoms with Gasteiger partial charge < -0.3 is 5.11 Å². The SMILES string of the molecule is O=C(O)Cn1nnc(Cc2cccc(Br)c2)n1. The molecule has 0 spiro atoms. The highest BCUT2D eigenvalue weighted by molar-refractivity contribution is 9.10. The molecule has 2 rings (SSSR count). The third kappa shape index (κ3) is 3.35. The highest BCUT2D eigenvalue weighted by Gasteiger charge is 2.06. The molecule has 0 unspecified atom stereocenters. The Kier molecular flexibility index (Phi) is 3.48. The summed E-state index contributed by atoms with van der Waals surface area (Å²) in [5, 5.41) is 20.0. The summed E-state index contributed by atoms with van der Waals surface area (Å²) < 4.78 is 0.980. The van der Waals surface area contributed by atoms with E-state index in [0.717, 1.165) is 14.8 Å². The van der Waals surface area contributed by atoms with Crippen molar-refractivity contribution in [3.8, 4) is 0 Å². The maximum Gasteiger partial charge on any atom is 0.327 e. The van der Waals surface area contributed by atoms with Crippen molar-refractivity contribution in [3.63, 3.8) is 0 Å². The maximum absolute atomic E-state index is 10.4. The van der Waals surface area contributed by atoms with Gasteiger partial charge >= 0.3 is 5.97 Å². The third-order valence-corrected chi connectivity index (χ3v) is 2.52. The fourth-order valence-electron chi connectivity index (χ4n) is 1.36. The van der Waals surface area contributed by atoms with Crippen LogP contribution in [0.1, 0.15) is 11.4 Å². The summed E-state index contributed by atoms with van der Waals surface area (Å²) in [6.07, 6.45) is 0.527. The van der Waals surface area contributed by atoms with Gasteiger partial charge in [-0.05, 0) is 22.9 Å². The number of aliphatic carboxylic acids is 1. The minimum absolute atomic E-state index is 0.272. The predicted molar refractivity (Wildman–Crippen MR) is 62.4 cm³/mol. The van der Waals surface area contributed by atoms with E-state index in [2.05, 4.69) is 31.3 Å². The van der Waals surface area contributed by atoms with Crippen LogP contribution in [0.15, 0.2) is 28.7 Å². The molecule has 0 radical (unpaired) electrons. The Labute approximate surface area is 105 Å². The van der Waals surface area contributed by atoms with Crippen LogP contribution in [-0.2, 0) is 17.8 Å². The fourth-order valence-corrected chi connectivity index (χ4v) is 1.81. The molecule has 6 nitrogen and oxygen atoms in total. The quantitative estimate of drug-likeness (QED) is 0.914. The summed E-state index contributed by atoms with van der Waals surface area (Å²) in [7, 11) is 0. The highest BCUT2D eigenvalue weighted by atomic mass is 79.9. The monoisotopic (exact) mass is 296 g/mol. The average Bonchev–Trinajstić information content (AvgIpc) is 2.64. The Hall–Kier alpha value is -1.76. The summed E-state index contributed by atoms with van der Waals surface area (Å²) in [5.41, 5.74) is 1.04. The number of carboxylic acids is 1. The van der Waals surface area contributed by atoms with Crippen molar-refractivity contribution in [2.75, 3.05) is 0 Å². The van der Waals surface area contributed by atoms with Crippen LogP contribution in [0.4, 0.5) is 0 Å². The largest absolute Gasteiger partial charge is 0.480 e. The van der Waals surface area contributed by atoms with Gasteiger partial charge in [-0.3, -0.25) is 4.79 Å². The normalized spacial score (nSPS) is 10.4. The van der Waals surface area contributed by atoms with Gasteiger partial charge in [0.25, 0.3) is 0 Å². The number of carbonyl (C=O) groups is 1. The highest BCUT2D eigenvalue weighted by Crippen LogP contribution is 2.13. The molecule has 0 aliphatic rings. The van der Waals surface area contributed by atoms with Crippen LogP contribution in [0.25, 0.3) is 0 Å². The number of rotatable bonds is 4. The van der Waals surface area contributed by atoms with E-state index < -0.39 is 5.97 Å². The maximum atomic E-state index is 10.4. The van der Waals surface area contributed by atoms with Gasteiger partial charge in [-0.25, -0.2) is 0 Å². The fraction of sp³-hybridized carbons (Fsp3) is 0.200. The van der Waals surface area contributed by atoms with Gasteiger partial charge in [0.1, 0.15) is 0 Å². The Morgan fingerprint density at radius 3 is 3.00 bits per heavy atom. The predicted octanol–water partition coefficient (Wildman–Crippen LogP) is 1.11. The molecule has 88 valence electrons. The molecule has 0 atom stereocenters. The zero-order valence-electron chi connectivity index (χ0n) is 8.75. The van der Waals surface area contributed by atoms with Crippen LogP contribution in [0.2, 0.25) is 0 Å².